The summed E-state index contributed by atoms with van der Waals surface area (Å²) in [6.45, 7) is 1.94. The van der Waals surface area contributed by atoms with Crippen molar-refractivity contribution in [2.24, 2.45) is 0 Å². The van der Waals surface area contributed by atoms with Crippen molar-refractivity contribution in [2.75, 3.05) is 0 Å². The lowest BCUT2D eigenvalue weighted by Gasteiger charge is -2.05. The Morgan fingerprint density at radius 1 is 1.12 bits per heavy atom. The van der Waals surface area contributed by atoms with E-state index in [1.807, 2.05) is 30.3 Å². The zero-order valence-electron chi connectivity index (χ0n) is 9.59. The van der Waals surface area contributed by atoms with Gasteiger partial charge in [0.15, 0.2) is 5.78 Å². The van der Waals surface area contributed by atoms with Crippen molar-refractivity contribution < 1.29 is 9.53 Å². The van der Waals surface area contributed by atoms with Gasteiger partial charge >= 0.3 is 0 Å². The second kappa shape index (κ2) is 5.25. The topological polar surface area (TPSA) is 39.2 Å². The molecule has 0 spiro atoms. The van der Waals surface area contributed by atoms with Crippen LogP contribution in [0.1, 0.15) is 23.0 Å². The second-order valence-corrected chi connectivity index (χ2v) is 3.69. The van der Waals surface area contributed by atoms with Gasteiger partial charge in [0, 0.05) is 13.0 Å². The maximum absolute atomic E-state index is 11.2. The van der Waals surface area contributed by atoms with Crippen LogP contribution in [-0.2, 0) is 6.61 Å². The summed E-state index contributed by atoms with van der Waals surface area (Å²) in [6.07, 6.45) is 0. The number of carbonyl (C=O) groups is 1. The standard InChI is InChI=1S/C14H13NO2/c1-11(16)13-8-5-9-14(15-13)17-10-12-6-3-2-4-7-12/h2-9H,10H2,1H3. The van der Waals surface area contributed by atoms with E-state index in [0.29, 0.717) is 18.2 Å². The lowest BCUT2D eigenvalue weighted by atomic mass is 10.2. The summed E-state index contributed by atoms with van der Waals surface area (Å²) in [5.41, 5.74) is 1.50. The molecule has 2 aromatic rings. The van der Waals surface area contributed by atoms with Crippen LogP contribution in [0, 0.1) is 0 Å². The number of Topliss-reactive ketones (excluding diaryl/α,β-unsaturated/α-hetero) is 1. The lowest BCUT2D eigenvalue weighted by molar-refractivity contribution is 0.101. The third kappa shape index (κ3) is 3.14. The summed E-state index contributed by atoms with van der Waals surface area (Å²) in [6, 6.07) is 15.0. The molecule has 0 saturated heterocycles. The first-order valence-electron chi connectivity index (χ1n) is 5.40. The molecule has 86 valence electrons. The average Bonchev–Trinajstić information content (AvgIpc) is 2.38. The van der Waals surface area contributed by atoms with Gasteiger partial charge in [-0.15, -0.1) is 0 Å². The number of ether oxygens (including phenoxy) is 1. The monoisotopic (exact) mass is 227 g/mol. The van der Waals surface area contributed by atoms with Crippen LogP contribution in [0.4, 0.5) is 0 Å². The minimum absolute atomic E-state index is 0.0600. The highest BCUT2D eigenvalue weighted by Gasteiger charge is 2.02. The molecule has 0 aliphatic heterocycles. The van der Waals surface area contributed by atoms with Crippen molar-refractivity contribution in [1.82, 2.24) is 4.98 Å². The molecule has 0 fully saturated rings. The number of rotatable bonds is 4. The van der Waals surface area contributed by atoms with Crippen LogP contribution in [0.5, 0.6) is 5.88 Å². The summed E-state index contributed by atoms with van der Waals surface area (Å²) >= 11 is 0. The van der Waals surface area contributed by atoms with E-state index < -0.39 is 0 Å². The molecular weight excluding hydrogens is 214 g/mol. The smallest absolute Gasteiger partial charge is 0.214 e. The van der Waals surface area contributed by atoms with Crippen molar-refractivity contribution >= 4 is 5.78 Å². The molecule has 0 amide bonds. The van der Waals surface area contributed by atoms with Crippen molar-refractivity contribution in [1.29, 1.82) is 0 Å². The van der Waals surface area contributed by atoms with Gasteiger partial charge in [-0.3, -0.25) is 4.79 Å². The maximum atomic E-state index is 11.2. The highest BCUT2D eigenvalue weighted by atomic mass is 16.5. The quantitative estimate of drug-likeness (QED) is 0.754. The SMILES string of the molecule is CC(=O)c1cccc(OCc2ccccc2)n1. The van der Waals surface area contributed by atoms with Gasteiger partial charge < -0.3 is 4.74 Å². The third-order valence-corrected chi connectivity index (χ3v) is 2.31. The fourth-order valence-corrected chi connectivity index (χ4v) is 1.42. The molecule has 0 aliphatic rings. The molecule has 3 heteroatoms. The second-order valence-electron chi connectivity index (χ2n) is 3.69. The van der Waals surface area contributed by atoms with Crippen LogP contribution in [-0.4, -0.2) is 10.8 Å². The molecule has 17 heavy (non-hydrogen) atoms. The molecular formula is C14H13NO2. The van der Waals surface area contributed by atoms with Gasteiger partial charge in [-0.05, 0) is 11.6 Å². The molecule has 1 aromatic heterocycles. The molecule has 0 saturated carbocycles. The van der Waals surface area contributed by atoms with E-state index in [1.165, 1.54) is 6.92 Å². The number of aromatic nitrogens is 1. The first kappa shape index (κ1) is 11.3. The summed E-state index contributed by atoms with van der Waals surface area (Å²) in [5, 5.41) is 0. The number of benzene rings is 1. The van der Waals surface area contributed by atoms with E-state index in [2.05, 4.69) is 4.98 Å². The molecule has 0 radical (unpaired) electrons. The molecule has 1 aromatic carbocycles. The van der Waals surface area contributed by atoms with Crippen molar-refractivity contribution in [2.45, 2.75) is 13.5 Å². The highest BCUT2D eigenvalue weighted by Crippen LogP contribution is 2.10. The van der Waals surface area contributed by atoms with Gasteiger partial charge in [-0.2, -0.15) is 0 Å². The Morgan fingerprint density at radius 2 is 1.88 bits per heavy atom. The number of hydrogen-bond acceptors (Lipinski definition) is 3. The Balaban J connectivity index is 2.04. The fourth-order valence-electron chi connectivity index (χ4n) is 1.42. The first-order chi connectivity index (χ1) is 8.25. The van der Waals surface area contributed by atoms with E-state index >= 15 is 0 Å². The molecule has 1 heterocycles. The Kier molecular flexibility index (Phi) is 3.50. The number of nitrogens with zero attached hydrogens (tertiary/aromatic N) is 1. The number of hydrogen-bond donors (Lipinski definition) is 0. The fraction of sp³-hybridized carbons (Fsp3) is 0.143. The Morgan fingerprint density at radius 3 is 2.59 bits per heavy atom. The van der Waals surface area contributed by atoms with Gasteiger partial charge in [0.05, 0.1) is 0 Å². The van der Waals surface area contributed by atoms with Gasteiger partial charge in [-0.25, -0.2) is 4.98 Å². The summed E-state index contributed by atoms with van der Waals surface area (Å²) in [7, 11) is 0. The molecule has 0 aliphatic carbocycles. The van der Waals surface area contributed by atoms with Crippen molar-refractivity contribution in [3.63, 3.8) is 0 Å². The molecule has 2 rings (SSSR count). The van der Waals surface area contributed by atoms with Crippen LogP contribution in [0.3, 0.4) is 0 Å². The predicted molar refractivity (Wildman–Crippen MR) is 65.0 cm³/mol. The largest absolute Gasteiger partial charge is 0.473 e. The first-order valence-corrected chi connectivity index (χ1v) is 5.40. The van der Waals surface area contributed by atoms with E-state index in [9.17, 15) is 4.79 Å². The normalized spacial score (nSPS) is 9.94. The molecule has 0 unspecified atom stereocenters. The van der Waals surface area contributed by atoms with Gasteiger partial charge in [0.1, 0.15) is 12.3 Å². The Bertz CT molecular complexity index is 509. The molecule has 0 bridgehead atoms. The Labute approximate surface area is 100 Å². The Hall–Kier alpha value is -2.16. The molecule has 0 atom stereocenters. The van der Waals surface area contributed by atoms with Crippen LogP contribution in [0.15, 0.2) is 48.5 Å². The van der Waals surface area contributed by atoms with Crippen LogP contribution >= 0.6 is 0 Å². The molecule has 0 N–H and O–H groups in total. The summed E-state index contributed by atoms with van der Waals surface area (Å²) < 4.78 is 5.52. The van der Waals surface area contributed by atoms with Crippen LogP contribution in [0.25, 0.3) is 0 Å². The summed E-state index contributed by atoms with van der Waals surface area (Å²) in [5.74, 6) is 0.414. The van der Waals surface area contributed by atoms with Gasteiger partial charge in [0.25, 0.3) is 0 Å². The number of pyridine rings is 1. The predicted octanol–water partition coefficient (Wildman–Crippen LogP) is 2.86. The van der Waals surface area contributed by atoms with Crippen molar-refractivity contribution in [3.05, 3.63) is 59.8 Å². The maximum Gasteiger partial charge on any atom is 0.214 e. The highest BCUT2D eigenvalue weighted by molar-refractivity contribution is 5.92. The van der Waals surface area contributed by atoms with E-state index in [1.54, 1.807) is 18.2 Å². The third-order valence-electron chi connectivity index (χ3n) is 2.31. The zero-order chi connectivity index (χ0) is 12.1. The minimum Gasteiger partial charge on any atom is -0.473 e. The average molecular weight is 227 g/mol. The number of ketones is 1. The molecule has 3 nitrogen and oxygen atoms in total. The van der Waals surface area contributed by atoms with E-state index in [0.717, 1.165) is 5.56 Å². The van der Waals surface area contributed by atoms with Gasteiger partial charge in [-0.1, -0.05) is 36.4 Å². The summed E-state index contributed by atoms with van der Waals surface area (Å²) in [4.78, 5) is 15.3. The minimum atomic E-state index is -0.0600. The van der Waals surface area contributed by atoms with E-state index in [-0.39, 0.29) is 5.78 Å². The lowest BCUT2D eigenvalue weighted by Crippen LogP contribution is -2.01. The van der Waals surface area contributed by atoms with Gasteiger partial charge in [0.2, 0.25) is 5.88 Å². The number of carbonyl (C=O) groups excluding carboxylic acids is 1. The van der Waals surface area contributed by atoms with Crippen molar-refractivity contribution in [3.8, 4) is 5.88 Å². The van der Waals surface area contributed by atoms with Crippen LogP contribution in [0.2, 0.25) is 0 Å². The zero-order valence-corrected chi connectivity index (χ0v) is 9.59. The van der Waals surface area contributed by atoms with Crippen LogP contribution < -0.4 is 4.74 Å². The van der Waals surface area contributed by atoms with E-state index in [4.69, 9.17) is 4.74 Å².